The van der Waals surface area contributed by atoms with E-state index in [0.29, 0.717) is 6.10 Å². The standard InChI is InChI=1S/C14H28N2O/c1-2-8-15-12-13-5-3-9-16(13)10-7-14-6-4-11-17-14/h13-15H,2-12H2,1H3. The van der Waals surface area contributed by atoms with Gasteiger partial charge in [0.25, 0.3) is 0 Å². The molecule has 100 valence electrons. The van der Waals surface area contributed by atoms with E-state index in [1.54, 1.807) is 0 Å². The lowest BCUT2D eigenvalue weighted by molar-refractivity contribution is 0.0901. The summed E-state index contributed by atoms with van der Waals surface area (Å²) in [4.78, 5) is 2.67. The first-order valence-corrected chi connectivity index (χ1v) is 7.46. The molecule has 2 aliphatic rings. The summed E-state index contributed by atoms with van der Waals surface area (Å²) < 4.78 is 5.70. The van der Waals surface area contributed by atoms with E-state index in [4.69, 9.17) is 4.74 Å². The molecule has 0 aliphatic carbocycles. The molecule has 2 atom stereocenters. The highest BCUT2D eigenvalue weighted by atomic mass is 16.5. The Bertz CT molecular complexity index is 204. The zero-order chi connectivity index (χ0) is 11.9. The zero-order valence-electron chi connectivity index (χ0n) is 11.3. The van der Waals surface area contributed by atoms with Crippen LogP contribution in [-0.4, -0.2) is 49.8 Å². The van der Waals surface area contributed by atoms with Crippen LogP contribution >= 0.6 is 0 Å². The Balaban J connectivity index is 1.63. The number of ether oxygens (including phenoxy) is 1. The van der Waals surface area contributed by atoms with E-state index >= 15 is 0 Å². The van der Waals surface area contributed by atoms with E-state index in [0.717, 1.165) is 19.2 Å². The van der Waals surface area contributed by atoms with E-state index in [2.05, 4.69) is 17.1 Å². The third-order valence-electron chi connectivity index (χ3n) is 4.07. The van der Waals surface area contributed by atoms with Crippen molar-refractivity contribution in [3.05, 3.63) is 0 Å². The minimum atomic E-state index is 0.555. The minimum Gasteiger partial charge on any atom is -0.378 e. The molecule has 0 spiro atoms. The summed E-state index contributed by atoms with van der Waals surface area (Å²) in [5, 5.41) is 3.56. The summed E-state index contributed by atoms with van der Waals surface area (Å²) in [6.07, 6.45) is 8.34. The summed E-state index contributed by atoms with van der Waals surface area (Å²) in [7, 11) is 0. The Labute approximate surface area is 106 Å². The van der Waals surface area contributed by atoms with E-state index in [-0.39, 0.29) is 0 Å². The van der Waals surface area contributed by atoms with Crippen molar-refractivity contribution in [2.45, 2.75) is 57.6 Å². The highest BCUT2D eigenvalue weighted by molar-refractivity contribution is 4.81. The molecule has 17 heavy (non-hydrogen) atoms. The third-order valence-corrected chi connectivity index (χ3v) is 4.07. The molecular formula is C14H28N2O. The maximum atomic E-state index is 5.70. The number of likely N-dealkylation sites (tertiary alicyclic amines) is 1. The van der Waals surface area contributed by atoms with Crippen molar-refractivity contribution in [3.8, 4) is 0 Å². The summed E-state index contributed by atoms with van der Waals surface area (Å²) in [6, 6.07) is 0.781. The highest BCUT2D eigenvalue weighted by Crippen LogP contribution is 2.20. The fourth-order valence-electron chi connectivity index (χ4n) is 3.05. The van der Waals surface area contributed by atoms with E-state index in [1.807, 2.05) is 0 Å². The van der Waals surface area contributed by atoms with Gasteiger partial charge in [-0.3, -0.25) is 4.90 Å². The molecule has 1 N–H and O–H groups in total. The van der Waals surface area contributed by atoms with Gasteiger partial charge in [-0.25, -0.2) is 0 Å². The topological polar surface area (TPSA) is 24.5 Å². The lowest BCUT2D eigenvalue weighted by atomic mass is 10.1. The van der Waals surface area contributed by atoms with Gasteiger partial charge in [-0.2, -0.15) is 0 Å². The molecule has 0 aromatic heterocycles. The van der Waals surface area contributed by atoms with Crippen LogP contribution < -0.4 is 5.32 Å². The van der Waals surface area contributed by atoms with Crippen LogP contribution in [-0.2, 0) is 4.74 Å². The summed E-state index contributed by atoms with van der Waals surface area (Å²) in [5.74, 6) is 0. The quantitative estimate of drug-likeness (QED) is 0.689. The lowest BCUT2D eigenvalue weighted by Crippen LogP contribution is -2.39. The van der Waals surface area contributed by atoms with Crippen LogP contribution in [0.3, 0.4) is 0 Å². The van der Waals surface area contributed by atoms with Gasteiger partial charge in [-0.1, -0.05) is 6.92 Å². The smallest absolute Gasteiger partial charge is 0.0588 e. The maximum absolute atomic E-state index is 5.70. The number of nitrogens with zero attached hydrogens (tertiary/aromatic N) is 1. The van der Waals surface area contributed by atoms with Gasteiger partial charge in [0.2, 0.25) is 0 Å². The Morgan fingerprint density at radius 2 is 2.24 bits per heavy atom. The van der Waals surface area contributed by atoms with E-state index in [9.17, 15) is 0 Å². The zero-order valence-corrected chi connectivity index (χ0v) is 11.3. The monoisotopic (exact) mass is 240 g/mol. The fraction of sp³-hybridized carbons (Fsp3) is 1.00. The van der Waals surface area contributed by atoms with Crippen LogP contribution in [0.5, 0.6) is 0 Å². The van der Waals surface area contributed by atoms with Gasteiger partial charge in [0.15, 0.2) is 0 Å². The Hall–Kier alpha value is -0.120. The van der Waals surface area contributed by atoms with Gasteiger partial charge in [-0.05, 0) is 51.6 Å². The molecule has 0 saturated carbocycles. The average Bonchev–Trinajstić information content (AvgIpc) is 2.97. The van der Waals surface area contributed by atoms with Crippen molar-refractivity contribution in [1.82, 2.24) is 10.2 Å². The number of rotatable bonds is 7. The molecule has 3 heteroatoms. The SMILES string of the molecule is CCCNCC1CCCN1CCC1CCCO1. The van der Waals surface area contributed by atoms with Crippen LogP contribution in [0.1, 0.15) is 45.4 Å². The molecule has 2 unspecified atom stereocenters. The Kier molecular flexibility index (Phi) is 5.75. The first kappa shape index (κ1) is 13.3. The van der Waals surface area contributed by atoms with Gasteiger partial charge in [0, 0.05) is 25.7 Å². The van der Waals surface area contributed by atoms with Gasteiger partial charge < -0.3 is 10.1 Å². The van der Waals surface area contributed by atoms with Crippen molar-refractivity contribution in [1.29, 1.82) is 0 Å². The molecule has 0 aromatic carbocycles. The second-order valence-electron chi connectivity index (χ2n) is 5.46. The first-order chi connectivity index (χ1) is 8.40. The van der Waals surface area contributed by atoms with Crippen molar-refractivity contribution < 1.29 is 4.74 Å². The van der Waals surface area contributed by atoms with Gasteiger partial charge in [-0.15, -0.1) is 0 Å². The van der Waals surface area contributed by atoms with Crippen molar-refractivity contribution in [2.24, 2.45) is 0 Å². The summed E-state index contributed by atoms with van der Waals surface area (Å²) in [6.45, 7) is 8.10. The molecule has 2 aliphatic heterocycles. The predicted molar refractivity (Wildman–Crippen MR) is 71.3 cm³/mol. The summed E-state index contributed by atoms with van der Waals surface area (Å²) >= 11 is 0. The van der Waals surface area contributed by atoms with Crippen molar-refractivity contribution in [2.75, 3.05) is 32.8 Å². The molecule has 0 radical (unpaired) electrons. The van der Waals surface area contributed by atoms with Crippen LogP contribution in [0.4, 0.5) is 0 Å². The third kappa shape index (κ3) is 4.23. The molecule has 0 bridgehead atoms. The van der Waals surface area contributed by atoms with Gasteiger partial charge in [0.1, 0.15) is 0 Å². The normalized spacial score (nSPS) is 30.2. The van der Waals surface area contributed by atoms with Crippen molar-refractivity contribution >= 4 is 0 Å². The van der Waals surface area contributed by atoms with Crippen LogP contribution in [0, 0.1) is 0 Å². The van der Waals surface area contributed by atoms with Gasteiger partial charge >= 0.3 is 0 Å². The molecular weight excluding hydrogens is 212 g/mol. The highest BCUT2D eigenvalue weighted by Gasteiger charge is 2.25. The van der Waals surface area contributed by atoms with Crippen LogP contribution in [0.15, 0.2) is 0 Å². The molecule has 3 nitrogen and oxygen atoms in total. The Morgan fingerprint density at radius 1 is 1.29 bits per heavy atom. The Morgan fingerprint density at radius 3 is 3.00 bits per heavy atom. The predicted octanol–water partition coefficient (Wildman–Crippen LogP) is 2.02. The fourth-order valence-corrected chi connectivity index (χ4v) is 3.05. The maximum Gasteiger partial charge on any atom is 0.0588 e. The first-order valence-electron chi connectivity index (χ1n) is 7.46. The van der Waals surface area contributed by atoms with Crippen LogP contribution in [0.2, 0.25) is 0 Å². The lowest BCUT2D eigenvalue weighted by Gasteiger charge is -2.25. The van der Waals surface area contributed by atoms with Crippen molar-refractivity contribution in [3.63, 3.8) is 0 Å². The van der Waals surface area contributed by atoms with E-state index < -0.39 is 0 Å². The minimum absolute atomic E-state index is 0.555. The number of hydrogen-bond donors (Lipinski definition) is 1. The molecule has 2 rings (SSSR count). The summed E-state index contributed by atoms with van der Waals surface area (Å²) in [5.41, 5.74) is 0. The number of nitrogens with one attached hydrogen (secondary N) is 1. The largest absolute Gasteiger partial charge is 0.378 e. The second kappa shape index (κ2) is 7.34. The van der Waals surface area contributed by atoms with Crippen LogP contribution in [0.25, 0.3) is 0 Å². The number of hydrogen-bond acceptors (Lipinski definition) is 3. The molecule has 2 heterocycles. The molecule has 2 saturated heterocycles. The average molecular weight is 240 g/mol. The second-order valence-corrected chi connectivity index (χ2v) is 5.46. The van der Waals surface area contributed by atoms with E-state index in [1.165, 1.54) is 58.2 Å². The molecule has 0 aromatic rings. The van der Waals surface area contributed by atoms with Gasteiger partial charge in [0.05, 0.1) is 6.10 Å². The molecule has 2 fully saturated rings. The molecule has 0 amide bonds.